The second kappa shape index (κ2) is 7.45. The van der Waals surface area contributed by atoms with Crippen molar-refractivity contribution in [3.63, 3.8) is 0 Å². The van der Waals surface area contributed by atoms with E-state index in [-0.39, 0.29) is 0 Å². The second-order valence-corrected chi connectivity index (χ2v) is 7.54. The highest BCUT2D eigenvalue weighted by molar-refractivity contribution is 9.11. The highest BCUT2D eigenvalue weighted by Gasteiger charge is 2.12. The molecule has 0 saturated carbocycles. The lowest BCUT2D eigenvalue weighted by molar-refractivity contribution is 0.285. The van der Waals surface area contributed by atoms with Crippen LogP contribution in [0.2, 0.25) is 0 Å². The van der Waals surface area contributed by atoms with Crippen molar-refractivity contribution in [2.45, 2.75) is 13.0 Å². The van der Waals surface area contributed by atoms with Crippen LogP contribution in [-0.4, -0.2) is 13.7 Å². The van der Waals surface area contributed by atoms with Gasteiger partial charge < -0.3 is 15.2 Å². The van der Waals surface area contributed by atoms with Crippen LogP contribution in [0.1, 0.15) is 10.4 Å². The molecule has 2 N–H and O–H groups in total. The van der Waals surface area contributed by atoms with E-state index in [1.54, 1.807) is 18.4 Å². The first-order valence-corrected chi connectivity index (χ1v) is 8.47. The third kappa shape index (κ3) is 3.97. The molecule has 0 saturated heterocycles. The minimum Gasteiger partial charge on any atom is -0.493 e. The van der Waals surface area contributed by atoms with Crippen LogP contribution in [0.15, 0.2) is 32.5 Å². The van der Waals surface area contributed by atoms with E-state index >= 15 is 0 Å². The molecule has 0 bridgehead atoms. The Morgan fingerprint density at radius 3 is 2.65 bits per heavy atom. The summed E-state index contributed by atoms with van der Waals surface area (Å²) < 4.78 is 13.3. The van der Waals surface area contributed by atoms with E-state index in [0.29, 0.717) is 13.2 Å². The summed E-state index contributed by atoms with van der Waals surface area (Å²) in [6, 6.07) is 8.05. The molecule has 2 aromatic rings. The monoisotopic (exact) mass is 419 g/mol. The fourth-order valence-corrected chi connectivity index (χ4v) is 3.80. The molecule has 0 fully saturated rings. The van der Waals surface area contributed by atoms with E-state index in [0.717, 1.165) is 36.6 Å². The molecule has 0 aliphatic rings. The molecule has 0 amide bonds. The van der Waals surface area contributed by atoms with Crippen LogP contribution in [0, 0.1) is 0 Å². The number of hydrogen-bond acceptors (Lipinski definition) is 4. The number of benzene rings is 1. The van der Waals surface area contributed by atoms with Crippen molar-refractivity contribution < 1.29 is 9.47 Å². The maximum Gasteiger partial charge on any atom is 0.175 e. The number of ether oxygens (including phenoxy) is 2. The highest BCUT2D eigenvalue weighted by atomic mass is 79.9. The second-order valence-electron chi connectivity index (χ2n) is 4.14. The summed E-state index contributed by atoms with van der Waals surface area (Å²) in [5, 5.41) is 0. The summed E-state index contributed by atoms with van der Waals surface area (Å²) in [5.41, 5.74) is 6.71. The van der Waals surface area contributed by atoms with Crippen LogP contribution in [0.4, 0.5) is 0 Å². The Morgan fingerprint density at radius 2 is 2.05 bits per heavy atom. The number of thiophene rings is 1. The van der Waals surface area contributed by atoms with E-state index < -0.39 is 0 Å². The van der Waals surface area contributed by atoms with E-state index in [2.05, 4.69) is 31.9 Å². The van der Waals surface area contributed by atoms with Gasteiger partial charge in [-0.05, 0) is 74.7 Å². The molecule has 0 atom stereocenters. The first-order valence-electron chi connectivity index (χ1n) is 6.07. The van der Waals surface area contributed by atoms with Gasteiger partial charge in [-0.3, -0.25) is 0 Å². The quantitative estimate of drug-likeness (QED) is 0.754. The molecule has 108 valence electrons. The van der Waals surface area contributed by atoms with Gasteiger partial charge in [0.15, 0.2) is 11.5 Å². The molecular weight excluding hydrogens is 406 g/mol. The summed E-state index contributed by atoms with van der Waals surface area (Å²) >= 11 is 8.64. The Kier molecular flexibility index (Phi) is 5.89. The van der Waals surface area contributed by atoms with Gasteiger partial charge in [-0.1, -0.05) is 0 Å². The minimum absolute atomic E-state index is 0.515. The van der Waals surface area contributed by atoms with Gasteiger partial charge in [0.1, 0.15) is 6.61 Å². The number of halogens is 2. The summed E-state index contributed by atoms with van der Waals surface area (Å²) in [6.45, 7) is 1.13. The third-order valence-electron chi connectivity index (χ3n) is 2.71. The number of methoxy groups -OCH3 is 1. The Morgan fingerprint density at radius 1 is 1.25 bits per heavy atom. The maximum absolute atomic E-state index is 5.88. The zero-order chi connectivity index (χ0) is 14.5. The van der Waals surface area contributed by atoms with Crippen molar-refractivity contribution in [1.82, 2.24) is 0 Å². The molecule has 1 aromatic carbocycles. The molecule has 0 aliphatic heterocycles. The first-order chi connectivity index (χ1) is 9.63. The van der Waals surface area contributed by atoms with Gasteiger partial charge in [0.25, 0.3) is 0 Å². The predicted molar refractivity (Wildman–Crippen MR) is 89.8 cm³/mol. The molecule has 20 heavy (non-hydrogen) atoms. The summed E-state index contributed by atoms with van der Waals surface area (Å²) in [5.74, 6) is 1.44. The molecule has 0 spiro atoms. The van der Waals surface area contributed by atoms with Crippen molar-refractivity contribution in [3.05, 3.63) is 43.0 Å². The van der Waals surface area contributed by atoms with Crippen molar-refractivity contribution in [3.8, 4) is 11.5 Å². The maximum atomic E-state index is 5.88. The van der Waals surface area contributed by atoms with Crippen LogP contribution >= 0.6 is 43.2 Å². The fourth-order valence-electron chi connectivity index (χ4n) is 1.80. The Balaban J connectivity index is 2.17. The zero-order valence-electron chi connectivity index (χ0n) is 11.0. The average Bonchev–Trinajstić information content (AvgIpc) is 2.83. The normalized spacial score (nSPS) is 10.6. The van der Waals surface area contributed by atoms with Crippen molar-refractivity contribution in [2.24, 2.45) is 5.73 Å². The van der Waals surface area contributed by atoms with Crippen LogP contribution in [0.25, 0.3) is 0 Å². The van der Waals surface area contributed by atoms with E-state index in [9.17, 15) is 0 Å². The standard InChI is InChI=1S/C14H15Br2NO2S/c1-18-12-7-9(4-5-17)6-11(15)14(12)19-8-10-2-3-13(16)20-10/h2-3,6-7H,4-5,8,17H2,1H3. The van der Waals surface area contributed by atoms with Gasteiger partial charge in [-0.25, -0.2) is 0 Å². The fraction of sp³-hybridized carbons (Fsp3) is 0.286. The SMILES string of the molecule is COc1cc(CCN)cc(Br)c1OCc1ccc(Br)s1. The Bertz CT molecular complexity index is 587. The molecule has 0 radical (unpaired) electrons. The molecule has 3 nitrogen and oxygen atoms in total. The lowest BCUT2D eigenvalue weighted by atomic mass is 10.1. The molecule has 6 heteroatoms. The summed E-state index contributed by atoms with van der Waals surface area (Å²) in [4.78, 5) is 1.15. The molecule has 1 aromatic heterocycles. The van der Waals surface area contributed by atoms with Crippen molar-refractivity contribution >= 4 is 43.2 Å². The largest absolute Gasteiger partial charge is 0.493 e. The van der Waals surface area contributed by atoms with Gasteiger partial charge in [0.05, 0.1) is 15.4 Å². The van der Waals surface area contributed by atoms with Crippen molar-refractivity contribution in [2.75, 3.05) is 13.7 Å². The molecule has 0 unspecified atom stereocenters. The van der Waals surface area contributed by atoms with Gasteiger partial charge in [-0.2, -0.15) is 0 Å². The Labute approximate surface area is 139 Å². The molecular formula is C14H15Br2NO2S. The topological polar surface area (TPSA) is 44.5 Å². The minimum atomic E-state index is 0.515. The summed E-state index contributed by atoms with van der Waals surface area (Å²) in [6.07, 6.45) is 0.813. The number of rotatable bonds is 6. The van der Waals surface area contributed by atoms with Crippen LogP contribution in [-0.2, 0) is 13.0 Å². The van der Waals surface area contributed by atoms with Crippen molar-refractivity contribution in [1.29, 1.82) is 0 Å². The lowest BCUT2D eigenvalue weighted by Gasteiger charge is -2.13. The molecule has 1 heterocycles. The third-order valence-corrected chi connectivity index (χ3v) is 4.90. The van der Waals surface area contributed by atoms with E-state index in [1.807, 2.05) is 24.3 Å². The number of nitrogens with two attached hydrogens (primary N) is 1. The zero-order valence-corrected chi connectivity index (χ0v) is 15.0. The predicted octanol–water partition coefficient (Wildman–Crippen LogP) is 4.36. The Hall–Kier alpha value is -0.560. The van der Waals surface area contributed by atoms with Gasteiger partial charge in [-0.15, -0.1) is 11.3 Å². The van der Waals surface area contributed by atoms with Gasteiger partial charge >= 0.3 is 0 Å². The molecule has 0 aliphatic carbocycles. The highest BCUT2D eigenvalue weighted by Crippen LogP contribution is 2.37. The summed E-state index contributed by atoms with van der Waals surface area (Å²) in [7, 11) is 1.64. The first kappa shape index (κ1) is 15.8. The van der Waals surface area contributed by atoms with Gasteiger partial charge in [0.2, 0.25) is 0 Å². The van der Waals surface area contributed by atoms with Crippen LogP contribution in [0.5, 0.6) is 11.5 Å². The average molecular weight is 421 g/mol. The number of hydrogen-bond donors (Lipinski definition) is 1. The van der Waals surface area contributed by atoms with Crippen LogP contribution in [0.3, 0.4) is 0 Å². The van der Waals surface area contributed by atoms with E-state index in [4.69, 9.17) is 15.2 Å². The lowest BCUT2D eigenvalue weighted by Crippen LogP contribution is -2.04. The molecule has 2 rings (SSSR count). The van der Waals surface area contributed by atoms with Crippen LogP contribution < -0.4 is 15.2 Å². The smallest absolute Gasteiger partial charge is 0.175 e. The van der Waals surface area contributed by atoms with Gasteiger partial charge in [0, 0.05) is 4.88 Å². The van der Waals surface area contributed by atoms with E-state index in [1.165, 1.54) is 0 Å².